The summed E-state index contributed by atoms with van der Waals surface area (Å²) in [5.41, 5.74) is 0.852. The van der Waals surface area contributed by atoms with Crippen LogP contribution >= 0.6 is 0 Å². The summed E-state index contributed by atoms with van der Waals surface area (Å²) in [5, 5.41) is 9.54. The van der Waals surface area contributed by atoms with Gasteiger partial charge in [-0.15, -0.1) is 0 Å². The molecule has 0 radical (unpaired) electrons. The van der Waals surface area contributed by atoms with Gasteiger partial charge in [-0.05, 0) is 56.3 Å². The molecule has 1 aliphatic heterocycles. The Hall–Kier alpha value is -1.93. The Balaban J connectivity index is 1.66. The third-order valence-electron chi connectivity index (χ3n) is 5.79. The molecule has 2 aliphatic rings. The third kappa shape index (κ3) is 4.16. The third-order valence-corrected chi connectivity index (χ3v) is 7.22. The molecule has 1 aromatic carbocycles. The summed E-state index contributed by atoms with van der Waals surface area (Å²) in [7, 11) is -2.12. The maximum absolute atomic E-state index is 12.8. The van der Waals surface area contributed by atoms with Crippen LogP contribution in [0.15, 0.2) is 29.2 Å². The Morgan fingerprint density at radius 3 is 2.48 bits per heavy atom. The molecule has 3 unspecified atom stereocenters. The van der Waals surface area contributed by atoms with Gasteiger partial charge in [0.25, 0.3) is 0 Å². The molecule has 27 heavy (non-hydrogen) atoms. The number of nitrogens with zero attached hydrogens (tertiary/aromatic N) is 1. The normalized spacial score (nSPS) is 25.2. The monoisotopic (exact) mass is 394 g/mol. The molecule has 7 nitrogen and oxygen atoms in total. The molecule has 3 rings (SSSR count). The van der Waals surface area contributed by atoms with Crippen molar-refractivity contribution in [2.45, 2.75) is 61.9 Å². The molecule has 0 bridgehead atoms. The fourth-order valence-corrected chi connectivity index (χ4v) is 5.10. The van der Waals surface area contributed by atoms with Gasteiger partial charge in [0.2, 0.25) is 15.9 Å². The molecule has 1 saturated carbocycles. The summed E-state index contributed by atoms with van der Waals surface area (Å²) in [6.07, 6.45) is 5.28. The minimum atomic E-state index is -3.48. The van der Waals surface area contributed by atoms with Crippen molar-refractivity contribution < 1.29 is 23.1 Å². The number of sulfonamides is 1. The van der Waals surface area contributed by atoms with Crippen LogP contribution in [-0.2, 0) is 26.0 Å². The highest BCUT2D eigenvalue weighted by molar-refractivity contribution is 7.89. The van der Waals surface area contributed by atoms with Gasteiger partial charge in [0, 0.05) is 12.5 Å². The number of carboxylic acid groups (broad SMARTS) is 1. The number of carbonyl (C=O) groups is 2. The Morgan fingerprint density at radius 2 is 1.85 bits per heavy atom. The van der Waals surface area contributed by atoms with Gasteiger partial charge in [-0.25, -0.2) is 17.9 Å². The van der Waals surface area contributed by atoms with Crippen LogP contribution in [0.1, 0.15) is 44.1 Å². The average molecular weight is 394 g/mol. The summed E-state index contributed by atoms with van der Waals surface area (Å²) >= 11 is 0. The van der Waals surface area contributed by atoms with Gasteiger partial charge in [0.05, 0.1) is 4.90 Å². The van der Waals surface area contributed by atoms with Crippen LogP contribution in [0.2, 0.25) is 0 Å². The highest BCUT2D eigenvalue weighted by Crippen LogP contribution is 2.40. The largest absolute Gasteiger partial charge is 0.480 e. The van der Waals surface area contributed by atoms with E-state index >= 15 is 0 Å². The van der Waals surface area contributed by atoms with E-state index in [1.807, 2.05) is 0 Å². The van der Waals surface area contributed by atoms with Crippen LogP contribution in [-0.4, -0.2) is 49.4 Å². The molecule has 3 atom stereocenters. The van der Waals surface area contributed by atoms with E-state index < -0.39 is 22.0 Å². The van der Waals surface area contributed by atoms with E-state index in [1.165, 1.54) is 19.2 Å². The van der Waals surface area contributed by atoms with Gasteiger partial charge in [0.1, 0.15) is 6.04 Å². The number of aryl methyl sites for hydroxylation is 1. The first-order valence-corrected chi connectivity index (χ1v) is 10.9. The SMILES string of the molecule is CNS(=O)(=O)c1ccc(CCC(=O)N2C(C(=O)O)CC3CCCCC32)cc1. The van der Waals surface area contributed by atoms with Gasteiger partial charge < -0.3 is 10.0 Å². The van der Waals surface area contributed by atoms with Crippen molar-refractivity contribution in [2.24, 2.45) is 5.92 Å². The van der Waals surface area contributed by atoms with E-state index in [0.29, 0.717) is 18.8 Å². The summed E-state index contributed by atoms with van der Waals surface area (Å²) in [6, 6.07) is 5.75. The predicted molar refractivity (Wildman–Crippen MR) is 99.6 cm³/mol. The Bertz CT molecular complexity index is 806. The molecule has 1 heterocycles. The van der Waals surface area contributed by atoms with E-state index in [4.69, 9.17) is 0 Å². The smallest absolute Gasteiger partial charge is 0.326 e. The van der Waals surface area contributed by atoms with Crippen LogP contribution in [0, 0.1) is 5.92 Å². The topological polar surface area (TPSA) is 104 Å². The van der Waals surface area contributed by atoms with Crippen molar-refractivity contribution in [1.29, 1.82) is 0 Å². The van der Waals surface area contributed by atoms with Gasteiger partial charge in [-0.3, -0.25) is 4.79 Å². The number of nitrogens with one attached hydrogen (secondary N) is 1. The fraction of sp³-hybridized carbons (Fsp3) is 0.579. The van der Waals surface area contributed by atoms with Gasteiger partial charge in [-0.2, -0.15) is 0 Å². The second-order valence-electron chi connectivity index (χ2n) is 7.35. The number of aliphatic carboxylic acids is 1. The summed E-state index contributed by atoms with van der Waals surface area (Å²) in [4.78, 5) is 26.2. The Labute approximate surface area is 159 Å². The molecule has 2 N–H and O–H groups in total. The molecular weight excluding hydrogens is 368 g/mol. The molecule has 1 amide bonds. The number of rotatable bonds is 6. The van der Waals surface area contributed by atoms with Crippen molar-refractivity contribution in [1.82, 2.24) is 9.62 Å². The van der Waals surface area contributed by atoms with Crippen molar-refractivity contribution in [3.05, 3.63) is 29.8 Å². The minimum Gasteiger partial charge on any atom is -0.480 e. The Kier molecular flexibility index (Phi) is 5.86. The number of amides is 1. The van der Waals surface area contributed by atoms with Crippen LogP contribution < -0.4 is 4.72 Å². The van der Waals surface area contributed by atoms with Crippen molar-refractivity contribution >= 4 is 21.9 Å². The molecule has 0 spiro atoms. The molecule has 1 aliphatic carbocycles. The van der Waals surface area contributed by atoms with Crippen molar-refractivity contribution in [3.8, 4) is 0 Å². The van der Waals surface area contributed by atoms with E-state index in [1.54, 1.807) is 17.0 Å². The van der Waals surface area contributed by atoms with Gasteiger partial charge in [0.15, 0.2) is 0 Å². The van der Waals surface area contributed by atoms with Crippen molar-refractivity contribution in [2.75, 3.05) is 7.05 Å². The average Bonchev–Trinajstić information content (AvgIpc) is 3.06. The first-order valence-electron chi connectivity index (χ1n) is 9.40. The molecule has 1 aromatic rings. The number of fused-ring (bicyclic) bond motifs is 1. The lowest BCUT2D eigenvalue weighted by molar-refractivity contribution is -0.149. The predicted octanol–water partition coefficient (Wildman–Crippen LogP) is 1.77. The van der Waals surface area contributed by atoms with Crippen LogP contribution in [0.5, 0.6) is 0 Å². The molecule has 148 valence electrons. The quantitative estimate of drug-likeness (QED) is 0.765. The minimum absolute atomic E-state index is 0.0514. The van der Waals surface area contributed by atoms with Crippen LogP contribution in [0.3, 0.4) is 0 Å². The lowest BCUT2D eigenvalue weighted by Gasteiger charge is -2.33. The first kappa shape index (κ1) is 19.8. The first-order chi connectivity index (χ1) is 12.8. The fourth-order valence-electron chi connectivity index (χ4n) is 4.37. The van der Waals surface area contributed by atoms with E-state index in [0.717, 1.165) is 31.2 Å². The van der Waals surface area contributed by atoms with Gasteiger partial charge >= 0.3 is 5.97 Å². The molecule has 8 heteroatoms. The zero-order chi connectivity index (χ0) is 19.6. The second-order valence-corrected chi connectivity index (χ2v) is 9.24. The maximum atomic E-state index is 12.8. The standard InChI is InChI=1S/C19H26N2O5S/c1-20-27(25,26)15-9-6-13(7-10-15)8-11-18(22)21-16-5-3-2-4-14(16)12-17(21)19(23)24/h6-7,9-10,14,16-17,20H,2-5,8,11-12H2,1H3,(H,23,24). The van der Waals surface area contributed by atoms with Crippen LogP contribution in [0.25, 0.3) is 0 Å². The number of likely N-dealkylation sites (tertiary alicyclic amines) is 1. The lowest BCUT2D eigenvalue weighted by Crippen LogP contribution is -2.46. The second kappa shape index (κ2) is 7.98. The highest BCUT2D eigenvalue weighted by Gasteiger charge is 2.47. The zero-order valence-electron chi connectivity index (χ0n) is 15.4. The summed E-state index contributed by atoms with van der Waals surface area (Å²) in [5.74, 6) is -0.738. The highest BCUT2D eigenvalue weighted by atomic mass is 32.2. The Morgan fingerprint density at radius 1 is 1.19 bits per heavy atom. The molecule has 1 saturated heterocycles. The number of carboxylic acids is 1. The maximum Gasteiger partial charge on any atom is 0.326 e. The molecule has 2 fully saturated rings. The van der Waals surface area contributed by atoms with E-state index in [2.05, 4.69) is 4.72 Å². The van der Waals surface area contributed by atoms with E-state index in [9.17, 15) is 23.1 Å². The molecular formula is C19H26N2O5S. The summed E-state index contributed by atoms with van der Waals surface area (Å²) < 4.78 is 25.8. The number of carbonyl (C=O) groups excluding carboxylic acids is 1. The lowest BCUT2D eigenvalue weighted by atomic mass is 9.84. The molecule has 0 aromatic heterocycles. The number of hydrogen-bond donors (Lipinski definition) is 2. The number of hydrogen-bond acceptors (Lipinski definition) is 4. The van der Waals surface area contributed by atoms with E-state index in [-0.39, 0.29) is 23.3 Å². The van der Waals surface area contributed by atoms with Gasteiger partial charge in [-0.1, -0.05) is 25.0 Å². The summed E-state index contributed by atoms with van der Waals surface area (Å²) in [6.45, 7) is 0. The van der Waals surface area contributed by atoms with Crippen molar-refractivity contribution in [3.63, 3.8) is 0 Å². The van der Waals surface area contributed by atoms with Crippen LogP contribution in [0.4, 0.5) is 0 Å². The number of benzene rings is 1. The zero-order valence-corrected chi connectivity index (χ0v) is 16.2.